The summed E-state index contributed by atoms with van der Waals surface area (Å²) in [5, 5.41) is 0. The Bertz CT molecular complexity index is 373. The molecule has 1 aliphatic heterocycles. The molecule has 1 aromatic heterocycles. The van der Waals surface area contributed by atoms with Crippen molar-refractivity contribution in [2.75, 3.05) is 0 Å². The number of hydrogen-bond donors (Lipinski definition) is 1. The molecule has 0 aromatic carbocycles. The monoisotopic (exact) mass is 239 g/mol. The molecule has 1 aliphatic rings. The van der Waals surface area contributed by atoms with E-state index < -0.39 is 0 Å². The quantitative estimate of drug-likeness (QED) is 0.795. The summed E-state index contributed by atoms with van der Waals surface area (Å²) in [6.07, 6.45) is 0. The van der Waals surface area contributed by atoms with E-state index in [0.717, 1.165) is 9.65 Å². The van der Waals surface area contributed by atoms with Crippen LogP contribution in [0.4, 0.5) is 0 Å². The predicted octanol–water partition coefficient (Wildman–Crippen LogP) is 1.51. The van der Waals surface area contributed by atoms with Gasteiger partial charge in [-0.15, -0.1) is 11.3 Å². The van der Waals surface area contributed by atoms with E-state index in [-0.39, 0.29) is 18.3 Å². The number of rotatable bonds is 2. The van der Waals surface area contributed by atoms with E-state index >= 15 is 0 Å². The summed E-state index contributed by atoms with van der Waals surface area (Å²) in [6, 6.07) is 4.07. The van der Waals surface area contributed by atoms with Crippen LogP contribution in [0.5, 0.6) is 0 Å². The van der Waals surface area contributed by atoms with E-state index in [1.807, 2.05) is 12.1 Å². The first-order valence-corrected chi connectivity index (χ1v) is 6.32. The largest absolute Gasteiger partial charge is 0.505 e. The molecule has 1 aromatic rings. The van der Waals surface area contributed by atoms with Crippen LogP contribution < -0.4 is 10.5 Å². The molecule has 0 aliphatic carbocycles. The van der Waals surface area contributed by atoms with Crippen LogP contribution in [0, 0.1) is 0 Å². The molecule has 0 radical (unpaired) electrons. The second kappa shape index (κ2) is 3.84. The maximum Gasteiger partial charge on any atom is 0.505 e. The summed E-state index contributed by atoms with van der Waals surface area (Å²) in [4.78, 5) is 1.16. The lowest BCUT2D eigenvalue weighted by atomic mass is 9.88. The van der Waals surface area contributed by atoms with Crippen LogP contribution in [-0.2, 0) is 15.9 Å². The van der Waals surface area contributed by atoms with E-state index in [1.54, 1.807) is 11.3 Å². The molecule has 0 amide bonds. The second-order valence-corrected chi connectivity index (χ2v) is 6.30. The maximum atomic E-state index is 5.96. The molecular weight excluding hydrogens is 221 g/mol. The molecule has 2 N–H and O–H groups in total. The number of nitrogens with two attached hydrogens (primary N) is 1. The molecule has 0 unspecified atom stereocenters. The van der Waals surface area contributed by atoms with Gasteiger partial charge in [0.1, 0.15) is 0 Å². The average molecular weight is 239 g/mol. The van der Waals surface area contributed by atoms with Gasteiger partial charge in [0, 0.05) is 16.2 Å². The minimum Gasteiger partial charge on any atom is -0.399 e. The number of thiophene rings is 1. The zero-order valence-corrected chi connectivity index (χ0v) is 11.1. The summed E-state index contributed by atoms with van der Waals surface area (Å²) in [5.41, 5.74) is 5.05. The van der Waals surface area contributed by atoms with Gasteiger partial charge < -0.3 is 15.0 Å². The van der Waals surface area contributed by atoms with Gasteiger partial charge in [0.05, 0.1) is 11.2 Å². The lowest BCUT2D eigenvalue weighted by Crippen LogP contribution is -2.41. The molecule has 0 spiro atoms. The molecule has 88 valence electrons. The molecule has 2 rings (SSSR count). The van der Waals surface area contributed by atoms with Crippen LogP contribution in [0.1, 0.15) is 32.6 Å². The molecule has 5 heteroatoms. The van der Waals surface area contributed by atoms with Crippen LogP contribution in [0.3, 0.4) is 0 Å². The topological polar surface area (TPSA) is 44.5 Å². The first-order valence-electron chi connectivity index (χ1n) is 5.50. The maximum absolute atomic E-state index is 5.96. The van der Waals surface area contributed by atoms with Crippen LogP contribution >= 0.6 is 11.3 Å². The van der Waals surface area contributed by atoms with Gasteiger partial charge in [0.25, 0.3) is 0 Å². The lowest BCUT2D eigenvalue weighted by molar-refractivity contribution is 0.00578. The summed E-state index contributed by atoms with van der Waals surface area (Å²) in [5.74, 6) is 0. The summed E-state index contributed by atoms with van der Waals surface area (Å²) in [6.45, 7) is 8.81. The van der Waals surface area contributed by atoms with Crippen molar-refractivity contribution in [2.24, 2.45) is 5.73 Å². The van der Waals surface area contributed by atoms with Gasteiger partial charge in [-0.3, -0.25) is 0 Å². The second-order valence-electron chi connectivity index (χ2n) is 5.10. The third-order valence-electron chi connectivity index (χ3n) is 3.37. The van der Waals surface area contributed by atoms with Crippen LogP contribution in [0.25, 0.3) is 0 Å². The van der Waals surface area contributed by atoms with Crippen molar-refractivity contribution >= 4 is 23.2 Å². The zero-order valence-electron chi connectivity index (χ0n) is 10.2. The highest BCUT2D eigenvalue weighted by Crippen LogP contribution is 2.36. The van der Waals surface area contributed by atoms with Crippen molar-refractivity contribution in [1.82, 2.24) is 0 Å². The van der Waals surface area contributed by atoms with E-state index in [2.05, 4.69) is 27.7 Å². The van der Waals surface area contributed by atoms with E-state index in [0.29, 0.717) is 6.54 Å². The van der Waals surface area contributed by atoms with Crippen molar-refractivity contribution in [3.05, 3.63) is 17.0 Å². The molecule has 3 nitrogen and oxygen atoms in total. The van der Waals surface area contributed by atoms with E-state index in [4.69, 9.17) is 15.0 Å². The van der Waals surface area contributed by atoms with Crippen molar-refractivity contribution in [3.8, 4) is 0 Å². The molecule has 1 saturated heterocycles. The van der Waals surface area contributed by atoms with Gasteiger partial charge in [-0.1, -0.05) is 6.07 Å². The Morgan fingerprint density at radius 2 is 1.75 bits per heavy atom. The van der Waals surface area contributed by atoms with E-state index in [1.165, 1.54) is 0 Å². The van der Waals surface area contributed by atoms with Gasteiger partial charge in [-0.2, -0.15) is 0 Å². The van der Waals surface area contributed by atoms with Crippen molar-refractivity contribution in [2.45, 2.75) is 45.4 Å². The Labute approximate surface area is 101 Å². The highest BCUT2D eigenvalue weighted by atomic mass is 32.1. The molecule has 0 bridgehead atoms. The van der Waals surface area contributed by atoms with Crippen molar-refractivity contribution in [1.29, 1.82) is 0 Å². The van der Waals surface area contributed by atoms with Crippen LogP contribution in [0.15, 0.2) is 12.1 Å². The standard InChI is InChI=1S/C11H18BNO2S/c1-10(2)11(3,4)15-12(14-10)9-6-5-8(7-13)16-9/h5-6H,7,13H2,1-4H3. The van der Waals surface area contributed by atoms with Crippen molar-refractivity contribution < 1.29 is 9.31 Å². The molecule has 1 fully saturated rings. The molecular formula is C11H18BNO2S. The van der Waals surface area contributed by atoms with Gasteiger partial charge in [-0.05, 0) is 33.8 Å². The minimum atomic E-state index is -0.273. The smallest absolute Gasteiger partial charge is 0.399 e. The molecule has 2 heterocycles. The van der Waals surface area contributed by atoms with Gasteiger partial charge in [0.2, 0.25) is 0 Å². The Balaban J connectivity index is 2.20. The molecule has 0 atom stereocenters. The van der Waals surface area contributed by atoms with Crippen molar-refractivity contribution in [3.63, 3.8) is 0 Å². The third kappa shape index (κ3) is 1.93. The Hall–Kier alpha value is -0.355. The highest BCUT2D eigenvalue weighted by molar-refractivity contribution is 7.22. The molecule has 16 heavy (non-hydrogen) atoms. The first-order chi connectivity index (χ1) is 7.36. The third-order valence-corrected chi connectivity index (χ3v) is 4.50. The Kier molecular flexibility index (Phi) is 2.91. The zero-order chi connectivity index (χ0) is 12.0. The van der Waals surface area contributed by atoms with Crippen LogP contribution in [0.2, 0.25) is 0 Å². The fraction of sp³-hybridized carbons (Fsp3) is 0.636. The van der Waals surface area contributed by atoms with E-state index in [9.17, 15) is 0 Å². The highest BCUT2D eigenvalue weighted by Gasteiger charge is 2.52. The fourth-order valence-electron chi connectivity index (χ4n) is 1.59. The van der Waals surface area contributed by atoms with Gasteiger partial charge in [-0.25, -0.2) is 0 Å². The Morgan fingerprint density at radius 3 is 2.19 bits per heavy atom. The normalized spacial score (nSPS) is 22.7. The average Bonchev–Trinajstić information content (AvgIpc) is 2.70. The summed E-state index contributed by atoms with van der Waals surface area (Å²) in [7, 11) is -0.254. The fourth-order valence-corrected chi connectivity index (χ4v) is 2.44. The first kappa shape index (κ1) is 12.1. The number of hydrogen-bond acceptors (Lipinski definition) is 4. The van der Waals surface area contributed by atoms with Gasteiger partial charge >= 0.3 is 7.12 Å². The SMILES string of the molecule is CC1(C)OB(c2ccc(CN)s2)OC1(C)C. The summed E-state index contributed by atoms with van der Waals surface area (Å²) < 4.78 is 13.0. The predicted molar refractivity (Wildman–Crippen MR) is 67.9 cm³/mol. The minimum absolute atomic E-state index is 0.254. The van der Waals surface area contributed by atoms with Crippen LogP contribution in [-0.4, -0.2) is 18.3 Å². The summed E-state index contributed by atoms with van der Waals surface area (Å²) >= 11 is 1.66. The Morgan fingerprint density at radius 1 is 1.19 bits per heavy atom. The van der Waals surface area contributed by atoms with Gasteiger partial charge in [0.15, 0.2) is 0 Å². The molecule has 0 saturated carbocycles. The lowest BCUT2D eigenvalue weighted by Gasteiger charge is -2.32.